The van der Waals surface area contributed by atoms with Crippen molar-refractivity contribution in [2.24, 2.45) is 7.05 Å². The molecule has 0 aliphatic carbocycles. The molecule has 1 heterocycles. The van der Waals surface area contributed by atoms with Crippen LogP contribution in [-0.2, 0) is 18.9 Å². The van der Waals surface area contributed by atoms with E-state index in [1.165, 1.54) is 0 Å². The summed E-state index contributed by atoms with van der Waals surface area (Å²) in [6, 6.07) is 0. The Morgan fingerprint density at radius 3 is 2.31 bits per heavy atom. The number of aromatic nitrogens is 1. The molecule has 1 aromatic rings. The van der Waals surface area contributed by atoms with Gasteiger partial charge >= 0.3 is 6.61 Å². The average molecular weight is 231 g/mol. The van der Waals surface area contributed by atoms with E-state index in [2.05, 4.69) is 25.5 Å². The van der Waals surface area contributed by atoms with Crippen molar-refractivity contribution in [3.63, 3.8) is 0 Å². The highest BCUT2D eigenvalue weighted by Gasteiger charge is 2.24. The molecule has 0 fully saturated rings. The van der Waals surface area contributed by atoms with E-state index in [1.54, 1.807) is 11.6 Å². The monoisotopic (exact) mass is 231 g/mol. The quantitative estimate of drug-likeness (QED) is 0.776. The molecule has 1 aromatic heterocycles. The summed E-state index contributed by atoms with van der Waals surface area (Å²) in [5.74, 6) is 0.280. The molecule has 0 N–H and O–H groups in total. The predicted molar refractivity (Wildman–Crippen MR) is 60.1 cm³/mol. The van der Waals surface area contributed by atoms with Crippen LogP contribution in [0.15, 0.2) is 6.20 Å². The first-order valence-corrected chi connectivity index (χ1v) is 5.40. The molecule has 0 aromatic carbocycles. The third-order valence-corrected chi connectivity index (χ3v) is 2.59. The van der Waals surface area contributed by atoms with Gasteiger partial charge in [-0.15, -0.1) is 0 Å². The van der Waals surface area contributed by atoms with Crippen molar-refractivity contribution < 1.29 is 13.5 Å². The van der Waals surface area contributed by atoms with Gasteiger partial charge in [-0.25, -0.2) is 0 Å². The number of halogens is 2. The van der Waals surface area contributed by atoms with E-state index in [9.17, 15) is 8.78 Å². The molecule has 16 heavy (non-hydrogen) atoms. The van der Waals surface area contributed by atoms with Crippen molar-refractivity contribution >= 4 is 0 Å². The molecule has 0 aliphatic rings. The molecule has 0 amide bonds. The zero-order valence-electron chi connectivity index (χ0n) is 10.5. The van der Waals surface area contributed by atoms with E-state index in [4.69, 9.17) is 0 Å². The van der Waals surface area contributed by atoms with Crippen molar-refractivity contribution in [3.05, 3.63) is 17.3 Å². The fourth-order valence-electron chi connectivity index (χ4n) is 1.88. The molecular weight excluding hydrogens is 212 g/mol. The average Bonchev–Trinajstić information content (AvgIpc) is 2.42. The van der Waals surface area contributed by atoms with Gasteiger partial charge in [-0.2, -0.15) is 8.78 Å². The lowest BCUT2D eigenvalue weighted by Crippen LogP contribution is -2.13. The third kappa shape index (κ3) is 2.54. The molecule has 0 radical (unpaired) electrons. The van der Waals surface area contributed by atoms with Crippen molar-refractivity contribution in [3.8, 4) is 5.88 Å². The van der Waals surface area contributed by atoms with Crippen molar-refractivity contribution in [1.29, 1.82) is 0 Å². The molecule has 0 saturated heterocycles. The van der Waals surface area contributed by atoms with Gasteiger partial charge in [0.1, 0.15) is 0 Å². The summed E-state index contributed by atoms with van der Waals surface area (Å²) < 4.78 is 30.8. The van der Waals surface area contributed by atoms with Gasteiger partial charge in [-0.05, 0) is 17.4 Å². The van der Waals surface area contributed by atoms with Gasteiger partial charge in [0.05, 0.1) is 0 Å². The van der Waals surface area contributed by atoms with E-state index in [-0.39, 0.29) is 11.3 Å². The van der Waals surface area contributed by atoms with Gasteiger partial charge < -0.3 is 9.30 Å². The zero-order chi connectivity index (χ0) is 12.5. The number of hydrogen-bond acceptors (Lipinski definition) is 1. The molecule has 2 nitrogen and oxygen atoms in total. The Kier molecular flexibility index (Phi) is 3.61. The molecule has 0 bridgehead atoms. The van der Waals surface area contributed by atoms with Crippen molar-refractivity contribution in [1.82, 2.24) is 4.57 Å². The molecule has 0 unspecified atom stereocenters. The second kappa shape index (κ2) is 4.44. The van der Waals surface area contributed by atoms with Crippen molar-refractivity contribution in [2.45, 2.75) is 46.1 Å². The topological polar surface area (TPSA) is 14.2 Å². The van der Waals surface area contributed by atoms with Crippen LogP contribution in [0, 0.1) is 0 Å². The summed E-state index contributed by atoms with van der Waals surface area (Å²) in [5.41, 5.74) is 1.87. The first kappa shape index (κ1) is 13.0. The van der Waals surface area contributed by atoms with Gasteiger partial charge in [0.25, 0.3) is 0 Å². The summed E-state index contributed by atoms with van der Waals surface area (Å²) in [7, 11) is 1.73. The van der Waals surface area contributed by atoms with Crippen LogP contribution < -0.4 is 4.74 Å². The van der Waals surface area contributed by atoms with Gasteiger partial charge in [-0.3, -0.25) is 0 Å². The second-order valence-electron chi connectivity index (χ2n) is 4.92. The van der Waals surface area contributed by atoms with Gasteiger partial charge in [-0.1, -0.05) is 27.7 Å². The smallest absolute Gasteiger partial charge is 0.388 e. The highest BCUT2D eigenvalue weighted by Crippen LogP contribution is 2.34. The Morgan fingerprint density at radius 1 is 1.38 bits per heavy atom. The number of alkyl halides is 2. The highest BCUT2D eigenvalue weighted by atomic mass is 19.3. The number of aryl methyl sites for hydroxylation is 1. The van der Waals surface area contributed by atoms with Crippen LogP contribution in [0.25, 0.3) is 0 Å². The summed E-state index contributed by atoms with van der Waals surface area (Å²) in [5, 5.41) is 0. The van der Waals surface area contributed by atoms with E-state index in [0.717, 1.165) is 11.1 Å². The predicted octanol–water partition coefficient (Wildman–Crippen LogP) is 3.49. The Bertz CT molecular complexity index is 364. The van der Waals surface area contributed by atoms with Crippen LogP contribution in [-0.4, -0.2) is 11.2 Å². The van der Waals surface area contributed by atoms with Crippen LogP contribution in [0.3, 0.4) is 0 Å². The minimum absolute atomic E-state index is 0.0627. The lowest BCUT2D eigenvalue weighted by molar-refractivity contribution is -0.0552. The van der Waals surface area contributed by atoms with E-state index in [0.29, 0.717) is 6.42 Å². The first-order chi connectivity index (χ1) is 7.27. The minimum atomic E-state index is -2.77. The maximum atomic E-state index is 12.3. The van der Waals surface area contributed by atoms with Crippen LogP contribution in [0.5, 0.6) is 5.88 Å². The molecule has 0 aliphatic heterocycles. The van der Waals surface area contributed by atoms with Crippen LogP contribution in [0.4, 0.5) is 8.78 Å². The van der Waals surface area contributed by atoms with E-state index in [1.807, 2.05) is 13.1 Å². The van der Waals surface area contributed by atoms with Crippen LogP contribution in [0.2, 0.25) is 0 Å². The fourth-order valence-corrected chi connectivity index (χ4v) is 1.88. The molecule has 1 rings (SSSR count). The Hall–Kier alpha value is -1.06. The normalized spacial score (nSPS) is 12.2. The van der Waals surface area contributed by atoms with Gasteiger partial charge in [0, 0.05) is 18.8 Å². The Balaban J connectivity index is 3.24. The fraction of sp³-hybridized carbons (Fsp3) is 0.667. The largest absolute Gasteiger partial charge is 0.418 e. The maximum Gasteiger partial charge on any atom is 0.388 e. The summed E-state index contributed by atoms with van der Waals surface area (Å²) in [6.45, 7) is 5.37. The highest BCUT2D eigenvalue weighted by molar-refractivity contribution is 5.41. The number of rotatable bonds is 3. The van der Waals surface area contributed by atoms with Gasteiger partial charge in [0.15, 0.2) is 0 Å². The summed E-state index contributed by atoms with van der Waals surface area (Å²) in [6.07, 6.45) is 2.56. The summed E-state index contributed by atoms with van der Waals surface area (Å²) >= 11 is 0. The molecule has 0 saturated carbocycles. The third-order valence-electron chi connectivity index (χ3n) is 2.59. The van der Waals surface area contributed by atoms with E-state index < -0.39 is 6.61 Å². The summed E-state index contributed by atoms with van der Waals surface area (Å²) in [4.78, 5) is 0. The van der Waals surface area contributed by atoms with Gasteiger partial charge in [0.2, 0.25) is 5.88 Å². The zero-order valence-corrected chi connectivity index (χ0v) is 10.5. The maximum absolute atomic E-state index is 12.3. The van der Waals surface area contributed by atoms with Crippen LogP contribution >= 0.6 is 0 Å². The number of ether oxygens (including phenoxy) is 1. The first-order valence-electron chi connectivity index (χ1n) is 5.40. The van der Waals surface area contributed by atoms with Crippen molar-refractivity contribution in [2.75, 3.05) is 0 Å². The molecule has 0 spiro atoms. The van der Waals surface area contributed by atoms with E-state index >= 15 is 0 Å². The number of nitrogens with zero attached hydrogens (tertiary/aromatic N) is 1. The Labute approximate surface area is 95.2 Å². The molecule has 4 heteroatoms. The second-order valence-corrected chi connectivity index (χ2v) is 4.92. The minimum Gasteiger partial charge on any atom is -0.418 e. The molecule has 92 valence electrons. The lowest BCUT2D eigenvalue weighted by Gasteiger charge is -2.19. The standard InChI is InChI=1S/C12H19F2NO/c1-6-8-9(12(2,3)4)7-15(5)10(8)16-11(13)14/h7,11H,6H2,1-5H3. The Morgan fingerprint density at radius 2 is 1.94 bits per heavy atom. The lowest BCUT2D eigenvalue weighted by atomic mass is 9.86. The SMILES string of the molecule is CCc1c(C(C)(C)C)cn(C)c1OC(F)F. The van der Waals surface area contributed by atoms with Crippen LogP contribution in [0.1, 0.15) is 38.8 Å². The molecule has 0 atom stereocenters. The number of hydrogen-bond donors (Lipinski definition) is 0. The molecular formula is C12H19F2NO.